The first kappa shape index (κ1) is 11.5. The van der Waals surface area contributed by atoms with E-state index in [2.05, 4.69) is 4.98 Å². The molecule has 0 bridgehead atoms. The highest BCUT2D eigenvalue weighted by Gasteiger charge is 2.13. The van der Waals surface area contributed by atoms with Gasteiger partial charge in [-0.2, -0.15) is 0 Å². The number of halogens is 2. The number of aromatic nitrogens is 1. The number of thiazole rings is 1. The van der Waals surface area contributed by atoms with Crippen molar-refractivity contribution in [2.75, 3.05) is 0 Å². The first-order chi connectivity index (χ1) is 7.66. The summed E-state index contributed by atoms with van der Waals surface area (Å²) < 4.78 is 13.5. The molecule has 0 radical (unpaired) electrons. The zero-order chi connectivity index (χ0) is 11.5. The highest BCUT2D eigenvalue weighted by atomic mass is 35.5. The molecule has 1 unspecified atom stereocenters. The third-order valence-corrected chi connectivity index (χ3v) is 3.30. The summed E-state index contributed by atoms with van der Waals surface area (Å²) in [4.78, 5) is 4.99. The molecule has 2 nitrogen and oxygen atoms in total. The van der Waals surface area contributed by atoms with Crippen molar-refractivity contribution < 1.29 is 4.39 Å². The zero-order valence-electron chi connectivity index (χ0n) is 8.36. The van der Waals surface area contributed by atoms with Crippen LogP contribution in [0.25, 0.3) is 0 Å². The van der Waals surface area contributed by atoms with Crippen molar-refractivity contribution >= 4 is 22.9 Å². The number of nitrogens with zero attached hydrogens (tertiary/aromatic N) is 1. The largest absolute Gasteiger partial charge is 0.324 e. The number of nitrogens with two attached hydrogens (primary N) is 1. The quantitative estimate of drug-likeness (QED) is 0.916. The minimum Gasteiger partial charge on any atom is -0.324 e. The minimum absolute atomic E-state index is 0.318. The fourth-order valence-corrected chi connectivity index (χ4v) is 2.30. The van der Waals surface area contributed by atoms with Gasteiger partial charge in [-0.25, -0.2) is 4.39 Å². The van der Waals surface area contributed by atoms with Crippen molar-refractivity contribution in [3.8, 4) is 0 Å². The van der Waals surface area contributed by atoms with E-state index in [1.165, 1.54) is 23.5 Å². The number of hydrogen-bond donors (Lipinski definition) is 1. The van der Waals surface area contributed by atoms with Gasteiger partial charge in [0.1, 0.15) is 5.82 Å². The van der Waals surface area contributed by atoms with Gasteiger partial charge in [-0.3, -0.25) is 4.98 Å². The van der Waals surface area contributed by atoms with Crippen molar-refractivity contribution in [2.24, 2.45) is 5.73 Å². The summed E-state index contributed by atoms with van der Waals surface area (Å²) in [6.07, 6.45) is 2.31. The van der Waals surface area contributed by atoms with Gasteiger partial charge in [0.05, 0.1) is 5.51 Å². The van der Waals surface area contributed by atoms with Gasteiger partial charge in [-0.05, 0) is 18.2 Å². The lowest BCUT2D eigenvalue weighted by Gasteiger charge is -2.11. The van der Waals surface area contributed by atoms with Gasteiger partial charge in [0.15, 0.2) is 0 Å². The normalized spacial score (nSPS) is 12.7. The molecule has 16 heavy (non-hydrogen) atoms. The fraction of sp³-hybridized carbons (Fsp3) is 0.182. The Morgan fingerprint density at radius 3 is 3.00 bits per heavy atom. The molecule has 1 aromatic heterocycles. The maximum Gasteiger partial charge on any atom is 0.128 e. The van der Waals surface area contributed by atoms with Gasteiger partial charge >= 0.3 is 0 Å². The molecule has 84 valence electrons. The van der Waals surface area contributed by atoms with E-state index in [1.807, 2.05) is 0 Å². The molecule has 1 atom stereocenters. The van der Waals surface area contributed by atoms with Crippen LogP contribution in [0.3, 0.4) is 0 Å². The molecule has 0 saturated carbocycles. The maximum atomic E-state index is 13.5. The van der Waals surface area contributed by atoms with E-state index >= 15 is 0 Å². The van der Waals surface area contributed by atoms with E-state index in [9.17, 15) is 4.39 Å². The maximum absolute atomic E-state index is 13.5. The molecule has 0 aliphatic rings. The van der Waals surface area contributed by atoms with Gasteiger partial charge in [0, 0.05) is 34.1 Å². The predicted octanol–water partition coefficient (Wildman–Crippen LogP) is 3.18. The molecule has 2 aromatic rings. The Morgan fingerprint density at radius 2 is 2.31 bits per heavy atom. The van der Waals surface area contributed by atoms with Crippen LogP contribution in [-0.4, -0.2) is 4.98 Å². The molecule has 0 aliphatic heterocycles. The van der Waals surface area contributed by atoms with Gasteiger partial charge in [0.2, 0.25) is 0 Å². The summed E-state index contributed by atoms with van der Waals surface area (Å²) in [7, 11) is 0. The van der Waals surface area contributed by atoms with E-state index in [-0.39, 0.29) is 11.9 Å². The molecule has 1 heterocycles. The van der Waals surface area contributed by atoms with Gasteiger partial charge < -0.3 is 5.73 Å². The van der Waals surface area contributed by atoms with Crippen molar-refractivity contribution in [1.29, 1.82) is 0 Å². The number of benzene rings is 1. The summed E-state index contributed by atoms with van der Waals surface area (Å²) >= 11 is 7.32. The van der Waals surface area contributed by atoms with Gasteiger partial charge in [-0.15, -0.1) is 11.3 Å². The summed E-state index contributed by atoms with van der Waals surface area (Å²) in [6.45, 7) is 0. The highest BCUT2D eigenvalue weighted by molar-refractivity contribution is 7.09. The Bertz CT molecular complexity index is 473. The van der Waals surface area contributed by atoms with E-state index < -0.39 is 0 Å². The predicted molar refractivity (Wildman–Crippen MR) is 64.2 cm³/mol. The summed E-state index contributed by atoms with van der Waals surface area (Å²) in [6, 6.07) is 4.03. The second kappa shape index (κ2) is 4.91. The van der Waals surface area contributed by atoms with Crippen molar-refractivity contribution in [1.82, 2.24) is 4.98 Å². The van der Waals surface area contributed by atoms with Crippen LogP contribution in [0, 0.1) is 5.82 Å². The Labute approximate surface area is 102 Å². The standard InChI is InChI=1S/C11H10ClFN2S/c12-7-1-2-10(13)9(3-7)11(14)4-8-5-15-6-16-8/h1-3,5-6,11H,4,14H2. The number of rotatable bonds is 3. The third-order valence-electron chi connectivity index (χ3n) is 2.26. The van der Waals surface area contributed by atoms with Crippen LogP contribution in [0.5, 0.6) is 0 Å². The van der Waals surface area contributed by atoms with Crippen LogP contribution in [0.15, 0.2) is 29.9 Å². The van der Waals surface area contributed by atoms with Crippen molar-refractivity contribution in [3.63, 3.8) is 0 Å². The summed E-state index contributed by atoms with van der Waals surface area (Å²) in [5, 5.41) is 0.496. The molecule has 0 amide bonds. The lowest BCUT2D eigenvalue weighted by molar-refractivity contribution is 0.581. The van der Waals surface area contributed by atoms with Crippen molar-refractivity contribution in [3.05, 3.63) is 51.2 Å². The zero-order valence-corrected chi connectivity index (χ0v) is 9.93. The van der Waals surface area contributed by atoms with Crippen molar-refractivity contribution in [2.45, 2.75) is 12.5 Å². The monoisotopic (exact) mass is 256 g/mol. The van der Waals surface area contributed by atoms with Gasteiger partial charge in [0.25, 0.3) is 0 Å². The van der Waals surface area contributed by atoms with Gasteiger partial charge in [-0.1, -0.05) is 11.6 Å². The SMILES string of the molecule is NC(Cc1cncs1)c1cc(Cl)ccc1F. The van der Waals surface area contributed by atoms with Crippen LogP contribution < -0.4 is 5.73 Å². The molecule has 0 spiro atoms. The Balaban J connectivity index is 2.20. The highest BCUT2D eigenvalue weighted by Crippen LogP contribution is 2.23. The van der Waals surface area contributed by atoms with E-state index in [4.69, 9.17) is 17.3 Å². The first-order valence-electron chi connectivity index (χ1n) is 4.74. The third kappa shape index (κ3) is 2.58. The molecule has 0 fully saturated rings. The fourth-order valence-electron chi connectivity index (χ4n) is 1.47. The second-order valence-corrected chi connectivity index (χ2v) is 4.85. The van der Waals surface area contributed by atoms with E-state index in [0.29, 0.717) is 17.0 Å². The minimum atomic E-state index is -0.390. The molecular weight excluding hydrogens is 247 g/mol. The van der Waals surface area contributed by atoms with E-state index in [1.54, 1.807) is 17.8 Å². The Morgan fingerprint density at radius 1 is 1.50 bits per heavy atom. The average Bonchev–Trinajstić information content (AvgIpc) is 2.74. The molecule has 5 heteroatoms. The molecule has 2 rings (SSSR count). The summed E-state index contributed by atoms with van der Waals surface area (Å²) in [5.41, 5.74) is 8.11. The summed E-state index contributed by atoms with van der Waals surface area (Å²) in [5.74, 6) is -0.318. The van der Waals surface area contributed by atoms with Crippen LogP contribution in [-0.2, 0) is 6.42 Å². The number of hydrogen-bond acceptors (Lipinski definition) is 3. The van der Waals surface area contributed by atoms with Crippen LogP contribution in [0.2, 0.25) is 5.02 Å². The molecule has 1 aromatic carbocycles. The smallest absolute Gasteiger partial charge is 0.128 e. The lowest BCUT2D eigenvalue weighted by Crippen LogP contribution is -2.14. The molecular formula is C11H10ClFN2S. The Hall–Kier alpha value is -0.970. The van der Waals surface area contributed by atoms with Crippen LogP contribution in [0.1, 0.15) is 16.5 Å². The van der Waals surface area contributed by atoms with Crippen LogP contribution in [0.4, 0.5) is 4.39 Å². The topological polar surface area (TPSA) is 38.9 Å². The van der Waals surface area contributed by atoms with Crippen LogP contribution >= 0.6 is 22.9 Å². The average molecular weight is 257 g/mol. The molecule has 0 aliphatic carbocycles. The van der Waals surface area contributed by atoms with E-state index in [0.717, 1.165) is 4.88 Å². The first-order valence-corrected chi connectivity index (χ1v) is 6.00. The Kier molecular flexibility index (Phi) is 3.53. The second-order valence-electron chi connectivity index (χ2n) is 3.44. The molecule has 0 saturated heterocycles. The molecule has 2 N–H and O–H groups in total. The lowest BCUT2D eigenvalue weighted by atomic mass is 10.0.